The Balaban J connectivity index is 2.09. The van der Waals surface area contributed by atoms with Gasteiger partial charge in [-0.05, 0) is 32.1 Å². The number of likely N-dealkylation sites (tertiary alicyclic amines) is 1. The van der Waals surface area contributed by atoms with E-state index < -0.39 is 0 Å². The van der Waals surface area contributed by atoms with Crippen LogP contribution in [0.1, 0.15) is 6.42 Å². The average Bonchev–Trinajstić information content (AvgIpc) is 2.64. The molecule has 0 bridgehead atoms. The molecule has 0 saturated carbocycles. The van der Waals surface area contributed by atoms with Crippen molar-refractivity contribution in [3.05, 3.63) is 24.3 Å². The van der Waals surface area contributed by atoms with Crippen LogP contribution < -0.4 is 10.2 Å². The standard InChI is InChI=1S/C13H21N3/c1-15(2)13-7-5-4-6-12(13)14-11-8-9-16(3)10-11/h4-7,11,14H,8-10H2,1-3H3. The van der Waals surface area contributed by atoms with E-state index in [0.29, 0.717) is 6.04 Å². The van der Waals surface area contributed by atoms with Gasteiger partial charge < -0.3 is 15.1 Å². The van der Waals surface area contributed by atoms with Gasteiger partial charge in [-0.25, -0.2) is 0 Å². The van der Waals surface area contributed by atoms with Crippen LogP contribution in [-0.4, -0.2) is 45.2 Å². The summed E-state index contributed by atoms with van der Waals surface area (Å²) < 4.78 is 0. The van der Waals surface area contributed by atoms with E-state index >= 15 is 0 Å². The van der Waals surface area contributed by atoms with Crippen molar-refractivity contribution in [3.63, 3.8) is 0 Å². The highest BCUT2D eigenvalue weighted by atomic mass is 15.2. The van der Waals surface area contributed by atoms with Gasteiger partial charge in [0, 0.05) is 26.7 Å². The molecule has 1 aromatic rings. The largest absolute Gasteiger partial charge is 0.379 e. The third kappa shape index (κ3) is 2.47. The number of hydrogen-bond donors (Lipinski definition) is 1. The smallest absolute Gasteiger partial charge is 0.0596 e. The molecule has 3 heteroatoms. The number of nitrogens with zero attached hydrogens (tertiary/aromatic N) is 2. The third-order valence-corrected chi connectivity index (χ3v) is 3.14. The minimum atomic E-state index is 0.589. The number of anilines is 2. The van der Waals surface area contributed by atoms with Gasteiger partial charge in [0.05, 0.1) is 11.4 Å². The normalized spacial score (nSPS) is 21.1. The van der Waals surface area contributed by atoms with Gasteiger partial charge in [0.15, 0.2) is 0 Å². The quantitative estimate of drug-likeness (QED) is 0.837. The van der Waals surface area contributed by atoms with Crippen LogP contribution in [0.4, 0.5) is 11.4 Å². The first-order valence-corrected chi connectivity index (χ1v) is 5.88. The molecule has 0 spiro atoms. The van der Waals surface area contributed by atoms with E-state index in [1.165, 1.54) is 24.3 Å². The van der Waals surface area contributed by atoms with Crippen molar-refractivity contribution in [2.75, 3.05) is 44.4 Å². The van der Waals surface area contributed by atoms with E-state index in [1.807, 2.05) is 0 Å². The summed E-state index contributed by atoms with van der Waals surface area (Å²) in [7, 11) is 6.35. The number of nitrogens with one attached hydrogen (secondary N) is 1. The highest BCUT2D eigenvalue weighted by Gasteiger charge is 2.19. The van der Waals surface area contributed by atoms with Gasteiger partial charge in [0.2, 0.25) is 0 Å². The lowest BCUT2D eigenvalue weighted by molar-refractivity contribution is 0.414. The summed E-state index contributed by atoms with van der Waals surface area (Å²) in [5.41, 5.74) is 2.50. The summed E-state index contributed by atoms with van der Waals surface area (Å²) in [4.78, 5) is 4.52. The lowest BCUT2D eigenvalue weighted by Gasteiger charge is -2.21. The van der Waals surface area contributed by atoms with Gasteiger partial charge in [-0.15, -0.1) is 0 Å². The lowest BCUT2D eigenvalue weighted by Crippen LogP contribution is -2.24. The molecule has 1 aromatic carbocycles. The van der Waals surface area contributed by atoms with Crippen LogP contribution in [0, 0.1) is 0 Å². The first-order valence-electron chi connectivity index (χ1n) is 5.88. The molecule has 1 aliphatic heterocycles. The Labute approximate surface area is 98.0 Å². The highest BCUT2D eigenvalue weighted by Crippen LogP contribution is 2.25. The Morgan fingerprint density at radius 1 is 1.31 bits per heavy atom. The summed E-state index contributed by atoms with van der Waals surface area (Å²) in [6, 6.07) is 9.08. The molecule has 1 N–H and O–H groups in total. The van der Waals surface area contributed by atoms with Crippen molar-refractivity contribution in [1.82, 2.24) is 4.90 Å². The SMILES string of the molecule is CN1CCC(Nc2ccccc2N(C)C)C1. The zero-order chi connectivity index (χ0) is 11.5. The lowest BCUT2D eigenvalue weighted by atomic mass is 10.2. The van der Waals surface area contributed by atoms with Crippen molar-refractivity contribution < 1.29 is 0 Å². The number of rotatable bonds is 3. The van der Waals surface area contributed by atoms with Crippen molar-refractivity contribution in [3.8, 4) is 0 Å². The maximum atomic E-state index is 3.64. The van der Waals surface area contributed by atoms with Crippen molar-refractivity contribution in [2.45, 2.75) is 12.5 Å². The van der Waals surface area contributed by atoms with Crippen LogP contribution in [0.3, 0.4) is 0 Å². The van der Waals surface area contributed by atoms with Crippen LogP contribution in [0.25, 0.3) is 0 Å². The number of likely N-dealkylation sites (N-methyl/N-ethyl adjacent to an activating group) is 1. The Bertz CT molecular complexity index is 349. The van der Waals surface area contributed by atoms with E-state index in [1.54, 1.807) is 0 Å². The molecule has 16 heavy (non-hydrogen) atoms. The number of benzene rings is 1. The fourth-order valence-electron chi connectivity index (χ4n) is 2.26. The topological polar surface area (TPSA) is 18.5 Å². The molecule has 1 atom stereocenters. The molecule has 1 unspecified atom stereocenters. The average molecular weight is 219 g/mol. The second kappa shape index (κ2) is 4.74. The van der Waals surface area contributed by atoms with E-state index in [4.69, 9.17) is 0 Å². The molecular weight excluding hydrogens is 198 g/mol. The zero-order valence-electron chi connectivity index (χ0n) is 10.4. The molecule has 88 valence electrons. The van der Waals surface area contributed by atoms with Crippen LogP contribution in [0.15, 0.2) is 24.3 Å². The number of hydrogen-bond acceptors (Lipinski definition) is 3. The monoisotopic (exact) mass is 219 g/mol. The maximum absolute atomic E-state index is 3.64. The second-order valence-corrected chi connectivity index (χ2v) is 4.80. The Morgan fingerprint density at radius 2 is 2.06 bits per heavy atom. The van der Waals surface area contributed by atoms with Gasteiger partial charge in [0.25, 0.3) is 0 Å². The van der Waals surface area contributed by atoms with Crippen LogP contribution >= 0.6 is 0 Å². The van der Waals surface area contributed by atoms with Gasteiger partial charge in [-0.3, -0.25) is 0 Å². The molecule has 1 saturated heterocycles. The summed E-state index contributed by atoms with van der Waals surface area (Å²) in [5, 5.41) is 3.64. The fraction of sp³-hybridized carbons (Fsp3) is 0.538. The van der Waals surface area contributed by atoms with Crippen LogP contribution in [0.2, 0.25) is 0 Å². The maximum Gasteiger partial charge on any atom is 0.0596 e. The van der Waals surface area contributed by atoms with Crippen LogP contribution in [0.5, 0.6) is 0 Å². The van der Waals surface area contributed by atoms with E-state index in [0.717, 1.165) is 6.54 Å². The summed E-state index contributed by atoms with van der Waals surface area (Å²) >= 11 is 0. The van der Waals surface area contributed by atoms with Crippen molar-refractivity contribution >= 4 is 11.4 Å². The van der Waals surface area contributed by atoms with Gasteiger partial charge in [0.1, 0.15) is 0 Å². The molecule has 1 aliphatic rings. The molecule has 2 rings (SSSR count). The minimum absolute atomic E-state index is 0.589. The molecule has 0 aromatic heterocycles. The van der Waals surface area contributed by atoms with E-state index in [9.17, 15) is 0 Å². The molecule has 3 nitrogen and oxygen atoms in total. The highest BCUT2D eigenvalue weighted by molar-refractivity contribution is 5.69. The van der Waals surface area contributed by atoms with Gasteiger partial charge in [-0.2, -0.15) is 0 Å². The Hall–Kier alpha value is -1.22. The Kier molecular flexibility index (Phi) is 3.34. The summed E-state index contributed by atoms with van der Waals surface area (Å²) in [6.45, 7) is 2.34. The molecule has 0 radical (unpaired) electrons. The zero-order valence-corrected chi connectivity index (χ0v) is 10.4. The second-order valence-electron chi connectivity index (χ2n) is 4.80. The minimum Gasteiger partial charge on any atom is -0.379 e. The van der Waals surface area contributed by atoms with E-state index in [-0.39, 0.29) is 0 Å². The predicted octanol–water partition coefficient (Wildman–Crippen LogP) is 1.87. The van der Waals surface area contributed by atoms with Crippen molar-refractivity contribution in [2.24, 2.45) is 0 Å². The molecule has 1 heterocycles. The fourth-order valence-corrected chi connectivity index (χ4v) is 2.26. The van der Waals surface area contributed by atoms with Gasteiger partial charge >= 0.3 is 0 Å². The first-order chi connectivity index (χ1) is 7.66. The first kappa shape index (κ1) is 11.3. The molecule has 0 amide bonds. The van der Waals surface area contributed by atoms with Crippen molar-refractivity contribution in [1.29, 1.82) is 0 Å². The molecule has 0 aliphatic carbocycles. The van der Waals surface area contributed by atoms with Gasteiger partial charge in [-0.1, -0.05) is 12.1 Å². The number of para-hydroxylation sites is 2. The summed E-state index contributed by atoms with van der Waals surface area (Å²) in [5.74, 6) is 0. The summed E-state index contributed by atoms with van der Waals surface area (Å²) in [6.07, 6.45) is 1.23. The van der Waals surface area contributed by atoms with Crippen LogP contribution in [-0.2, 0) is 0 Å². The molecular formula is C13H21N3. The molecule has 1 fully saturated rings. The Morgan fingerprint density at radius 3 is 2.69 bits per heavy atom. The predicted molar refractivity (Wildman–Crippen MR) is 70.3 cm³/mol. The third-order valence-electron chi connectivity index (χ3n) is 3.14. The van der Waals surface area contributed by atoms with E-state index in [2.05, 4.69) is 60.5 Å².